The highest BCUT2D eigenvalue weighted by atomic mass is 35.5. The molecule has 0 spiro atoms. The molecule has 62 heavy (non-hydrogen) atoms. The average Bonchev–Trinajstić information content (AvgIpc) is 3.28. The van der Waals surface area contributed by atoms with Crippen LogP contribution in [0.4, 0.5) is 38.9 Å². The van der Waals surface area contributed by atoms with E-state index in [0.29, 0.717) is 64.4 Å². The van der Waals surface area contributed by atoms with E-state index in [-0.39, 0.29) is 35.4 Å². The van der Waals surface area contributed by atoms with E-state index in [2.05, 4.69) is 47.9 Å². The van der Waals surface area contributed by atoms with Gasteiger partial charge in [-0.15, -0.1) is 0 Å². The van der Waals surface area contributed by atoms with E-state index in [4.69, 9.17) is 17.3 Å². The quantitative estimate of drug-likeness (QED) is 0.0874. The van der Waals surface area contributed by atoms with Crippen LogP contribution in [0.1, 0.15) is 70.7 Å². The average molecular weight is 858 g/mol. The van der Waals surface area contributed by atoms with Crippen LogP contribution < -0.4 is 31.5 Å². The maximum atomic E-state index is 15.5. The number of nitrogens with one attached hydrogen (secondary N) is 3. The summed E-state index contributed by atoms with van der Waals surface area (Å²) in [5, 5.41) is 9.05. The molecule has 3 aliphatic heterocycles. The standard InChI is InChI=1S/C47H49ClFN9O4/c48-39-3-1-2-4-41(39)58(37-15-9-33(10-16-37)43(50)60)44-40(49)28-52-47(55-44)53-35-11-5-34(6-12-35)45(61)51-27-30-19-23-56(24-20-30)29-31-21-25-57(26-22-31)36-13-7-32(8-14-36)38-17-18-42(59)54-46(38)62/h1-16,28,30-31,38H,17-27,29H2,(H2,50,60)(H,51,61)(H,52,53,55)(H,54,59,62). The molecule has 0 aliphatic carbocycles. The summed E-state index contributed by atoms with van der Waals surface area (Å²) in [5.41, 5.74) is 9.96. The van der Waals surface area contributed by atoms with E-state index in [1.165, 1.54) is 10.6 Å². The monoisotopic (exact) mass is 857 g/mol. The number of primary amides is 1. The van der Waals surface area contributed by atoms with Crippen molar-refractivity contribution in [1.82, 2.24) is 25.5 Å². The zero-order valence-corrected chi connectivity index (χ0v) is 35.0. The van der Waals surface area contributed by atoms with Crippen LogP contribution in [-0.4, -0.2) is 77.8 Å². The molecule has 8 rings (SSSR count). The number of anilines is 6. The molecule has 1 atom stereocenters. The van der Waals surface area contributed by atoms with E-state index >= 15 is 4.39 Å². The summed E-state index contributed by atoms with van der Waals surface area (Å²) in [6, 6.07) is 28.5. The minimum absolute atomic E-state index is 0.0702. The van der Waals surface area contributed by atoms with Crippen LogP contribution in [0.25, 0.3) is 0 Å². The Labute approximate surface area is 364 Å². The van der Waals surface area contributed by atoms with Gasteiger partial charge in [-0.2, -0.15) is 4.98 Å². The van der Waals surface area contributed by atoms with Gasteiger partial charge in [-0.05, 0) is 135 Å². The van der Waals surface area contributed by atoms with Crippen molar-refractivity contribution in [1.29, 1.82) is 0 Å². The van der Waals surface area contributed by atoms with Gasteiger partial charge in [-0.3, -0.25) is 29.4 Å². The zero-order chi connectivity index (χ0) is 43.2. The Morgan fingerprint density at radius 3 is 2.19 bits per heavy atom. The molecule has 1 unspecified atom stereocenters. The fraction of sp³-hybridized carbons (Fsp3) is 0.319. The Balaban J connectivity index is 0.790. The van der Waals surface area contributed by atoms with Crippen LogP contribution in [0.2, 0.25) is 5.02 Å². The number of para-hydroxylation sites is 1. The van der Waals surface area contributed by atoms with Crippen LogP contribution in [0.15, 0.2) is 103 Å². The molecule has 0 saturated carbocycles. The first-order chi connectivity index (χ1) is 30.1. The third-order valence-electron chi connectivity index (χ3n) is 12.1. The molecule has 4 amide bonds. The second-order valence-electron chi connectivity index (χ2n) is 16.2. The van der Waals surface area contributed by atoms with Gasteiger partial charge in [0.25, 0.3) is 5.91 Å². The highest BCUT2D eigenvalue weighted by Gasteiger charge is 2.29. The lowest BCUT2D eigenvalue weighted by atomic mass is 9.90. The Morgan fingerprint density at radius 1 is 0.839 bits per heavy atom. The smallest absolute Gasteiger partial charge is 0.251 e. The molecule has 15 heteroatoms. The van der Waals surface area contributed by atoms with Crippen molar-refractivity contribution in [3.63, 3.8) is 0 Å². The predicted octanol–water partition coefficient (Wildman–Crippen LogP) is 7.46. The number of halogens is 2. The number of hydrogen-bond acceptors (Lipinski definition) is 10. The molecule has 1 aromatic heterocycles. The van der Waals surface area contributed by atoms with E-state index in [1.54, 1.807) is 72.8 Å². The van der Waals surface area contributed by atoms with E-state index in [1.807, 2.05) is 12.1 Å². The molecule has 4 aromatic carbocycles. The first-order valence-electron chi connectivity index (χ1n) is 21.1. The SMILES string of the molecule is NC(=O)c1ccc(N(c2ccccc2Cl)c2nc(Nc3ccc(C(=O)NCC4CCN(CC5CCN(c6ccc(C7CCC(=O)NC7=O)cc6)CC5)CC4)cc3)ncc2F)cc1. The maximum Gasteiger partial charge on any atom is 0.251 e. The number of aromatic nitrogens is 2. The van der Waals surface area contributed by atoms with Crippen molar-refractivity contribution in [3.05, 3.63) is 131 Å². The van der Waals surface area contributed by atoms with Gasteiger partial charge in [0.1, 0.15) is 0 Å². The summed E-state index contributed by atoms with van der Waals surface area (Å²) in [7, 11) is 0. The number of nitrogens with two attached hydrogens (primary N) is 1. The third kappa shape index (κ3) is 10.0. The minimum Gasteiger partial charge on any atom is -0.372 e. The highest BCUT2D eigenvalue weighted by molar-refractivity contribution is 6.33. The molecule has 3 aliphatic rings. The maximum absolute atomic E-state index is 15.5. The van der Waals surface area contributed by atoms with E-state index < -0.39 is 11.7 Å². The van der Waals surface area contributed by atoms with Crippen LogP contribution >= 0.6 is 11.6 Å². The third-order valence-corrected chi connectivity index (χ3v) is 12.5. The molecule has 3 saturated heterocycles. The Hall–Kier alpha value is -6.38. The zero-order valence-electron chi connectivity index (χ0n) is 34.2. The van der Waals surface area contributed by atoms with Gasteiger partial charge in [0.2, 0.25) is 23.7 Å². The molecule has 0 bridgehead atoms. The number of amides is 4. The summed E-state index contributed by atoms with van der Waals surface area (Å²) >= 11 is 6.56. The van der Waals surface area contributed by atoms with Gasteiger partial charge in [0.15, 0.2) is 11.6 Å². The Kier molecular flexibility index (Phi) is 13.1. The number of imide groups is 1. The van der Waals surface area contributed by atoms with Gasteiger partial charge in [0.05, 0.1) is 22.8 Å². The number of carbonyl (C=O) groups is 4. The topological polar surface area (TPSA) is 166 Å². The van der Waals surface area contributed by atoms with Crippen molar-refractivity contribution >= 4 is 69.7 Å². The fourth-order valence-electron chi connectivity index (χ4n) is 8.57. The number of piperidine rings is 3. The van der Waals surface area contributed by atoms with Gasteiger partial charge in [-0.25, -0.2) is 9.37 Å². The number of benzene rings is 4. The number of hydrogen-bond donors (Lipinski definition) is 4. The molecule has 320 valence electrons. The van der Waals surface area contributed by atoms with Gasteiger partial charge in [-0.1, -0.05) is 35.9 Å². The van der Waals surface area contributed by atoms with Gasteiger partial charge in [0, 0.05) is 60.8 Å². The molecule has 13 nitrogen and oxygen atoms in total. The Bertz CT molecular complexity index is 2400. The molecule has 5 N–H and O–H groups in total. The lowest BCUT2D eigenvalue weighted by Gasteiger charge is -2.38. The highest BCUT2D eigenvalue weighted by Crippen LogP contribution is 2.39. The molecule has 5 aromatic rings. The number of carbonyl (C=O) groups excluding carboxylic acids is 4. The Morgan fingerprint density at radius 2 is 1.52 bits per heavy atom. The minimum atomic E-state index is -0.696. The van der Waals surface area contributed by atoms with Crippen LogP contribution in [0, 0.1) is 17.7 Å². The lowest BCUT2D eigenvalue weighted by Crippen LogP contribution is -2.43. The molecular formula is C47H49ClFN9O4. The second-order valence-corrected chi connectivity index (χ2v) is 16.7. The van der Waals surface area contributed by atoms with E-state index in [9.17, 15) is 19.2 Å². The van der Waals surface area contributed by atoms with Gasteiger partial charge >= 0.3 is 0 Å². The second kappa shape index (κ2) is 19.1. The lowest BCUT2D eigenvalue weighted by molar-refractivity contribution is -0.134. The van der Waals surface area contributed by atoms with Crippen molar-refractivity contribution in [3.8, 4) is 0 Å². The summed E-state index contributed by atoms with van der Waals surface area (Å²) in [5.74, 6) is -0.966. The van der Waals surface area contributed by atoms with Crippen molar-refractivity contribution in [2.45, 2.75) is 44.4 Å². The van der Waals surface area contributed by atoms with Crippen molar-refractivity contribution < 1.29 is 23.6 Å². The van der Waals surface area contributed by atoms with Crippen molar-refractivity contribution in [2.24, 2.45) is 17.6 Å². The summed E-state index contributed by atoms with van der Waals surface area (Å²) < 4.78 is 15.5. The molecule has 4 heterocycles. The fourth-order valence-corrected chi connectivity index (χ4v) is 8.79. The summed E-state index contributed by atoms with van der Waals surface area (Å²) in [4.78, 5) is 63.9. The molecule has 3 fully saturated rings. The number of rotatable bonds is 13. The summed E-state index contributed by atoms with van der Waals surface area (Å²) in [6.07, 6.45) is 6.35. The van der Waals surface area contributed by atoms with Gasteiger partial charge < -0.3 is 26.2 Å². The molecule has 0 radical (unpaired) electrons. The van der Waals surface area contributed by atoms with Crippen molar-refractivity contribution in [2.75, 3.05) is 54.4 Å². The summed E-state index contributed by atoms with van der Waals surface area (Å²) in [6.45, 7) is 5.76. The molecular weight excluding hydrogens is 809 g/mol. The number of likely N-dealkylation sites (tertiary alicyclic amines) is 1. The number of nitrogens with zero attached hydrogens (tertiary/aromatic N) is 5. The van der Waals surface area contributed by atoms with E-state index in [0.717, 1.165) is 70.2 Å². The van der Waals surface area contributed by atoms with Crippen LogP contribution in [-0.2, 0) is 9.59 Å². The largest absolute Gasteiger partial charge is 0.372 e. The predicted molar refractivity (Wildman–Crippen MR) is 238 cm³/mol. The van der Waals surface area contributed by atoms with Crippen LogP contribution in [0.3, 0.4) is 0 Å². The first kappa shape index (κ1) is 42.3. The normalized spacial score (nSPS) is 17.6. The first-order valence-corrected chi connectivity index (χ1v) is 21.5. The van der Waals surface area contributed by atoms with Crippen LogP contribution in [0.5, 0.6) is 0 Å².